The number of nitrogens with one attached hydrogen (secondary N) is 2. The van der Waals surface area contributed by atoms with Gasteiger partial charge in [-0.05, 0) is 12.1 Å². The van der Waals surface area contributed by atoms with E-state index in [9.17, 15) is 9.59 Å². The van der Waals surface area contributed by atoms with Gasteiger partial charge in [-0.15, -0.1) is 0 Å². The Kier molecular flexibility index (Phi) is 4.12. The second-order valence-corrected chi connectivity index (χ2v) is 18.8. The highest BCUT2D eigenvalue weighted by Crippen LogP contribution is 2.45. The van der Waals surface area contributed by atoms with Gasteiger partial charge in [0.25, 0.3) is 0 Å². The summed E-state index contributed by atoms with van der Waals surface area (Å²) in [5.74, 6) is -0.247. The molecule has 0 radical (unpaired) electrons. The van der Waals surface area contributed by atoms with Crippen molar-refractivity contribution < 1.29 is 9.59 Å². The number of carbonyl (C=O) groups excluding carboxylic acids is 2. The molecule has 1 aliphatic rings. The Labute approximate surface area is 134 Å². The molecule has 0 bridgehead atoms. The molecule has 0 spiro atoms. The molecule has 4 nitrogen and oxygen atoms in total. The standard InChI is InChI=1S/C16H26N2O2Si2/c1-21(2,3)13-14(19)17-15(20)16(13,22(4,5)6)18-12-10-8-7-9-11-12/h7-11,13,18H,1-6H3,(H,17,19,20). The number of hydrogen-bond donors (Lipinski definition) is 2. The Bertz CT molecular complexity index is 590. The minimum absolute atomic E-state index is 0.102. The van der Waals surface area contributed by atoms with Gasteiger partial charge in [0, 0.05) is 5.69 Å². The first-order valence-corrected chi connectivity index (χ1v) is 14.8. The lowest BCUT2D eigenvalue weighted by atomic mass is 10.2. The van der Waals surface area contributed by atoms with E-state index in [-0.39, 0.29) is 17.4 Å². The van der Waals surface area contributed by atoms with E-state index in [1.54, 1.807) is 0 Å². The van der Waals surface area contributed by atoms with Crippen LogP contribution in [0.15, 0.2) is 30.3 Å². The van der Waals surface area contributed by atoms with Crippen LogP contribution in [-0.4, -0.2) is 33.1 Å². The van der Waals surface area contributed by atoms with E-state index < -0.39 is 21.3 Å². The van der Waals surface area contributed by atoms with Gasteiger partial charge in [-0.1, -0.05) is 57.5 Å². The monoisotopic (exact) mass is 334 g/mol. The molecule has 1 saturated heterocycles. The smallest absolute Gasteiger partial charge is 0.249 e. The van der Waals surface area contributed by atoms with Gasteiger partial charge < -0.3 is 5.32 Å². The Morgan fingerprint density at radius 2 is 1.55 bits per heavy atom. The molecule has 2 unspecified atom stereocenters. The van der Waals surface area contributed by atoms with Crippen LogP contribution in [0.2, 0.25) is 44.8 Å². The SMILES string of the molecule is C[Si](C)(C)C1C(=O)NC(=O)C1(Nc1ccccc1)[Si](C)(C)C. The fraction of sp³-hybridized carbons (Fsp3) is 0.500. The molecule has 0 aliphatic carbocycles. The van der Waals surface area contributed by atoms with E-state index >= 15 is 0 Å². The molecule has 1 heterocycles. The molecular weight excluding hydrogens is 308 g/mol. The molecule has 120 valence electrons. The van der Waals surface area contributed by atoms with Crippen molar-refractivity contribution in [2.75, 3.05) is 5.32 Å². The maximum atomic E-state index is 12.9. The van der Waals surface area contributed by atoms with E-state index in [4.69, 9.17) is 0 Å². The molecule has 2 amide bonds. The summed E-state index contributed by atoms with van der Waals surface area (Å²) >= 11 is 0. The number of carbonyl (C=O) groups is 2. The Morgan fingerprint density at radius 1 is 1.00 bits per heavy atom. The number of imide groups is 1. The number of para-hydroxylation sites is 1. The first-order chi connectivity index (χ1) is 10.00. The number of amides is 2. The lowest BCUT2D eigenvalue weighted by molar-refractivity contribution is -0.125. The maximum Gasteiger partial charge on any atom is 0.249 e. The highest BCUT2D eigenvalue weighted by Gasteiger charge is 2.65. The summed E-state index contributed by atoms with van der Waals surface area (Å²) in [6, 6.07) is 9.75. The fourth-order valence-electron chi connectivity index (χ4n) is 3.49. The predicted molar refractivity (Wildman–Crippen MR) is 96.4 cm³/mol. The van der Waals surface area contributed by atoms with E-state index in [2.05, 4.69) is 49.9 Å². The zero-order valence-corrected chi connectivity index (χ0v) is 16.3. The highest BCUT2D eigenvalue weighted by atomic mass is 28.3. The molecule has 2 N–H and O–H groups in total. The maximum absolute atomic E-state index is 12.9. The molecule has 1 aromatic carbocycles. The van der Waals surface area contributed by atoms with Crippen molar-refractivity contribution >= 4 is 33.6 Å². The molecule has 22 heavy (non-hydrogen) atoms. The van der Waals surface area contributed by atoms with Gasteiger partial charge in [-0.3, -0.25) is 14.9 Å². The van der Waals surface area contributed by atoms with Crippen molar-refractivity contribution in [2.24, 2.45) is 0 Å². The zero-order valence-electron chi connectivity index (χ0n) is 14.3. The van der Waals surface area contributed by atoms with Crippen LogP contribution in [-0.2, 0) is 9.59 Å². The third-order valence-electron chi connectivity index (χ3n) is 4.45. The van der Waals surface area contributed by atoms with Crippen LogP contribution in [0.4, 0.5) is 5.69 Å². The van der Waals surface area contributed by atoms with Crippen molar-refractivity contribution in [3.8, 4) is 0 Å². The third-order valence-corrected chi connectivity index (χ3v) is 10.2. The summed E-state index contributed by atoms with van der Waals surface area (Å²) in [4.78, 5) is 25.4. The minimum atomic E-state index is -2.04. The third kappa shape index (κ3) is 2.65. The van der Waals surface area contributed by atoms with Crippen molar-refractivity contribution in [1.29, 1.82) is 0 Å². The average molecular weight is 335 g/mol. The summed E-state index contributed by atoms with van der Waals surface area (Å²) in [5.41, 5.74) is 0.650. The molecule has 1 aromatic rings. The first-order valence-electron chi connectivity index (χ1n) is 7.68. The van der Waals surface area contributed by atoms with Crippen LogP contribution in [0, 0.1) is 0 Å². The van der Waals surface area contributed by atoms with Gasteiger partial charge in [-0.25, -0.2) is 0 Å². The Balaban J connectivity index is 2.62. The predicted octanol–water partition coefficient (Wildman–Crippen LogP) is 3.08. The molecule has 6 heteroatoms. The van der Waals surface area contributed by atoms with Crippen molar-refractivity contribution in [2.45, 2.75) is 50.0 Å². The van der Waals surface area contributed by atoms with Gasteiger partial charge >= 0.3 is 0 Å². The zero-order chi connectivity index (χ0) is 16.8. The van der Waals surface area contributed by atoms with Gasteiger partial charge in [0.15, 0.2) is 0 Å². The van der Waals surface area contributed by atoms with Gasteiger partial charge in [0.2, 0.25) is 11.8 Å². The lowest BCUT2D eigenvalue weighted by Gasteiger charge is -2.46. The number of rotatable bonds is 4. The van der Waals surface area contributed by atoms with E-state index in [0.29, 0.717) is 0 Å². The highest BCUT2D eigenvalue weighted by molar-refractivity contribution is 6.91. The summed E-state index contributed by atoms with van der Waals surface area (Å²) < 4.78 is 0. The quantitative estimate of drug-likeness (QED) is 0.657. The van der Waals surface area contributed by atoms with E-state index in [1.165, 1.54) is 0 Å². The van der Waals surface area contributed by atoms with Crippen LogP contribution < -0.4 is 10.6 Å². The summed E-state index contributed by atoms with van der Waals surface area (Å²) in [6.07, 6.45) is 0. The van der Waals surface area contributed by atoms with Crippen LogP contribution >= 0.6 is 0 Å². The molecule has 0 saturated carbocycles. The van der Waals surface area contributed by atoms with E-state index in [1.807, 2.05) is 30.3 Å². The van der Waals surface area contributed by atoms with Crippen molar-refractivity contribution in [1.82, 2.24) is 5.32 Å². The van der Waals surface area contributed by atoms with Crippen LogP contribution in [0.25, 0.3) is 0 Å². The molecule has 2 rings (SSSR count). The molecule has 1 aliphatic heterocycles. The average Bonchev–Trinajstić information content (AvgIpc) is 2.61. The molecule has 1 fully saturated rings. The molecule has 0 aromatic heterocycles. The van der Waals surface area contributed by atoms with Gasteiger partial charge in [0.1, 0.15) is 5.16 Å². The summed E-state index contributed by atoms with van der Waals surface area (Å²) in [7, 11) is -3.93. The van der Waals surface area contributed by atoms with Crippen molar-refractivity contribution in [3.63, 3.8) is 0 Å². The second kappa shape index (κ2) is 5.35. The molecular formula is C16H26N2O2Si2. The normalized spacial score (nSPS) is 26.0. The topological polar surface area (TPSA) is 58.2 Å². The van der Waals surface area contributed by atoms with Gasteiger partial charge in [-0.2, -0.15) is 0 Å². The number of hydrogen-bond acceptors (Lipinski definition) is 3. The summed E-state index contributed by atoms with van der Waals surface area (Å²) in [6.45, 7) is 13.0. The summed E-state index contributed by atoms with van der Waals surface area (Å²) in [5, 5.41) is 5.33. The number of benzene rings is 1. The van der Waals surface area contributed by atoms with E-state index in [0.717, 1.165) is 5.69 Å². The van der Waals surface area contributed by atoms with Crippen LogP contribution in [0.5, 0.6) is 0 Å². The minimum Gasteiger partial charge on any atom is -0.373 e. The largest absolute Gasteiger partial charge is 0.373 e. The van der Waals surface area contributed by atoms with Crippen LogP contribution in [0.1, 0.15) is 0 Å². The first kappa shape index (κ1) is 17.0. The lowest BCUT2D eigenvalue weighted by Crippen LogP contribution is -2.67. The number of anilines is 1. The van der Waals surface area contributed by atoms with Crippen LogP contribution in [0.3, 0.4) is 0 Å². The second-order valence-electron chi connectivity index (χ2n) is 8.17. The van der Waals surface area contributed by atoms with Gasteiger partial charge in [0.05, 0.1) is 21.7 Å². The van der Waals surface area contributed by atoms with Crippen molar-refractivity contribution in [3.05, 3.63) is 30.3 Å². The molecule has 2 atom stereocenters. The Morgan fingerprint density at radius 3 is 2.00 bits per heavy atom. The fourth-order valence-corrected chi connectivity index (χ4v) is 10.7. The Hall–Kier alpha value is -1.41.